The molecule has 1 heterocycles. The summed E-state index contributed by atoms with van der Waals surface area (Å²) in [5, 5.41) is 11.4. The van der Waals surface area contributed by atoms with Crippen molar-refractivity contribution in [1.82, 2.24) is 0 Å². The van der Waals surface area contributed by atoms with Gasteiger partial charge in [0.25, 0.3) is 0 Å². The summed E-state index contributed by atoms with van der Waals surface area (Å²) in [5.41, 5.74) is -0.152. The van der Waals surface area contributed by atoms with Gasteiger partial charge in [0.15, 0.2) is 0 Å². The third kappa shape index (κ3) is 1.57. The second kappa shape index (κ2) is 3.74. The van der Waals surface area contributed by atoms with Gasteiger partial charge < -0.3 is 0 Å². The van der Waals surface area contributed by atoms with Crippen molar-refractivity contribution in [3.05, 3.63) is 22.4 Å². The third-order valence-corrected chi connectivity index (χ3v) is 4.41. The molecule has 0 unspecified atom stereocenters. The molecule has 0 spiro atoms. The Morgan fingerprint density at radius 2 is 2.21 bits per heavy atom. The number of hydrogen-bond acceptors (Lipinski definition) is 2. The van der Waals surface area contributed by atoms with E-state index in [0.717, 1.165) is 18.8 Å². The highest BCUT2D eigenvalue weighted by molar-refractivity contribution is 7.10. The first kappa shape index (κ1) is 9.73. The monoisotopic (exact) mass is 205 g/mol. The Hall–Kier alpha value is -0.810. The molecular weight excluding hydrogens is 190 g/mol. The fraction of sp³-hybridized carbons (Fsp3) is 0.583. The van der Waals surface area contributed by atoms with Crippen LogP contribution in [0.1, 0.15) is 37.5 Å². The zero-order chi connectivity index (χ0) is 10.0. The summed E-state index contributed by atoms with van der Waals surface area (Å²) in [6.07, 6.45) is 4.49. The molecule has 0 radical (unpaired) electrons. The Kier molecular flexibility index (Phi) is 2.60. The largest absolute Gasteiger partial charge is 0.197 e. The van der Waals surface area contributed by atoms with Crippen LogP contribution in [-0.2, 0) is 5.41 Å². The minimum absolute atomic E-state index is 0.152. The molecule has 1 saturated carbocycles. The number of rotatable bonds is 1. The molecule has 14 heavy (non-hydrogen) atoms. The fourth-order valence-corrected chi connectivity index (χ4v) is 3.16. The molecule has 1 fully saturated rings. The molecule has 0 aliphatic heterocycles. The van der Waals surface area contributed by atoms with E-state index in [9.17, 15) is 5.26 Å². The zero-order valence-corrected chi connectivity index (χ0v) is 9.31. The zero-order valence-electron chi connectivity index (χ0n) is 8.49. The lowest BCUT2D eigenvalue weighted by atomic mass is 9.71. The van der Waals surface area contributed by atoms with E-state index in [-0.39, 0.29) is 5.41 Å². The van der Waals surface area contributed by atoms with E-state index in [2.05, 4.69) is 30.5 Å². The lowest BCUT2D eigenvalue weighted by Gasteiger charge is -2.32. The van der Waals surface area contributed by atoms with Gasteiger partial charge in [0, 0.05) is 4.88 Å². The molecule has 1 aliphatic rings. The summed E-state index contributed by atoms with van der Waals surface area (Å²) in [5.74, 6) is 0.802. The molecule has 0 saturated heterocycles. The summed E-state index contributed by atoms with van der Waals surface area (Å²) in [6.45, 7) is 2.29. The molecule has 0 N–H and O–H groups in total. The second-order valence-electron chi connectivity index (χ2n) is 4.35. The molecule has 1 aromatic rings. The number of nitrogens with zero attached hydrogens (tertiary/aromatic N) is 1. The maximum atomic E-state index is 9.36. The van der Waals surface area contributed by atoms with Gasteiger partial charge >= 0.3 is 0 Å². The molecule has 0 bridgehead atoms. The van der Waals surface area contributed by atoms with Crippen LogP contribution in [-0.4, -0.2) is 0 Å². The first-order valence-corrected chi connectivity index (χ1v) is 6.10. The Labute approximate surface area is 89.4 Å². The summed E-state index contributed by atoms with van der Waals surface area (Å²) in [4.78, 5) is 1.27. The molecule has 1 aromatic heterocycles. The molecule has 2 rings (SSSR count). The van der Waals surface area contributed by atoms with Crippen LogP contribution < -0.4 is 0 Å². The average Bonchev–Trinajstić information content (AvgIpc) is 2.73. The van der Waals surface area contributed by atoms with Gasteiger partial charge in [0.05, 0.1) is 11.5 Å². The van der Waals surface area contributed by atoms with Gasteiger partial charge in [-0.2, -0.15) is 5.26 Å². The van der Waals surface area contributed by atoms with Crippen molar-refractivity contribution in [2.45, 2.75) is 38.0 Å². The van der Waals surface area contributed by atoms with Crippen LogP contribution in [0.25, 0.3) is 0 Å². The van der Waals surface area contributed by atoms with E-state index in [1.165, 1.54) is 17.7 Å². The second-order valence-corrected chi connectivity index (χ2v) is 5.30. The number of hydrogen-bond donors (Lipinski definition) is 0. The summed E-state index contributed by atoms with van der Waals surface area (Å²) in [7, 11) is 0. The summed E-state index contributed by atoms with van der Waals surface area (Å²) in [6, 6.07) is 6.72. The summed E-state index contributed by atoms with van der Waals surface area (Å²) < 4.78 is 0. The van der Waals surface area contributed by atoms with Crippen LogP contribution >= 0.6 is 11.3 Å². The van der Waals surface area contributed by atoms with E-state index in [1.807, 2.05) is 0 Å². The molecule has 0 aromatic carbocycles. The van der Waals surface area contributed by atoms with Gasteiger partial charge in [-0.3, -0.25) is 0 Å². The topological polar surface area (TPSA) is 23.8 Å². The molecule has 74 valence electrons. The maximum Gasteiger partial charge on any atom is 0.0914 e. The van der Waals surface area contributed by atoms with Gasteiger partial charge in [0.2, 0.25) is 0 Å². The van der Waals surface area contributed by atoms with Gasteiger partial charge in [-0.05, 0) is 43.0 Å². The molecule has 2 heteroatoms. The van der Waals surface area contributed by atoms with Crippen molar-refractivity contribution in [2.24, 2.45) is 5.92 Å². The van der Waals surface area contributed by atoms with Gasteiger partial charge in [-0.1, -0.05) is 13.0 Å². The highest BCUT2D eigenvalue weighted by atomic mass is 32.1. The SMILES string of the molecule is CC1CCC(C#N)(c2cccs2)CC1. The van der Waals surface area contributed by atoms with Gasteiger partial charge in [0.1, 0.15) is 0 Å². The normalized spacial score (nSPS) is 32.4. The minimum atomic E-state index is -0.152. The van der Waals surface area contributed by atoms with Crippen molar-refractivity contribution >= 4 is 11.3 Å². The van der Waals surface area contributed by atoms with Crippen molar-refractivity contribution in [2.75, 3.05) is 0 Å². The van der Waals surface area contributed by atoms with E-state index >= 15 is 0 Å². The van der Waals surface area contributed by atoms with Crippen LogP contribution in [0, 0.1) is 17.2 Å². The van der Waals surface area contributed by atoms with Gasteiger partial charge in [-0.25, -0.2) is 0 Å². The number of thiophene rings is 1. The van der Waals surface area contributed by atoms with E-state index in [4.69, 9.17) is 0 Å². The minimum Gasteiger partial charge on any atom is -0.197 e. The van der Waals surface area contributed by atoms with Crippen LogP contribution in [0.3, 0.4) is 0 Å². The van der Waals surface area contributed by atoms with Gasteiger partial charge in [-0.15, -0.1) is 11.3 Å². The smallest absolute Gasteiger partial charge is 0.0914 e. The quantitative estimate of drug-likeness (QED) is 0.685. The highest BCUT2D eigenvalue weighted by Gasteiger charge is 2.36. The maximum absolute atomic E-state index is 9.36. The fourth-order valence-electron chi connectivity index (χ4n) is 2.22. The lowest BCUT2D eigenvalue weighted by Crippen LogP contribution is -2.28. The van der Waals surface area contributed by atoms with Crippen LogP contribution in [0.5, 0.6) is 0 Å². The van der Waals surface area contributed by atoms with Crippen LogP contribution in [0.4, 0.5) is 0 Å². The standard InChI is InChI=1S/C12H15NS/c1-10-4-6-12(9-13,7-5-10)11-3-2-8-14-11/h2-3,8,10H,4-7H2,1H3. The Balaban J connectivity index is 2.24. The first-order chi connectivity index (χ1) is 6.77. The highest BCUT2D eigenvalue weighted by Crippen LogP contribution is 2.42. The lowest BCUT2D eigenvalue weighted by molar-refractivity contribution is 0.298. The summed E-state index contributed by atoms with van der Waals surface area (Å²) >= 11 is 1.73. The van der Waals surface area contributed by atoms with Crippen molar-refractivity contribution in [1.29, 1.82) is 5.26 Å². The third-order valence-electron chi connectivity index (χ3n) is 3.33. The first-order valence-electron chi connectivity index (χ1n) is 5.22. The van der Waals surface area contributed by atoms with Crippen molar-refractivity contribution in [3.63, 3.8) is 0 Å². The molecule has 1 aliphatic carbocycles. The Bertz CT molecular complexity index is 326. The van der Waals surface area contributed by atoms with E-state index < -0.39 is 0 Å². The number of nitriles is 1. The van der Waals surface area contributed by atoms with Crippen molar-refractivity contribution in [3.8, 4) is 6.07 Å². The van der Waals surface area contributed by atoms with Crippen molar-refractivity contribution < 1.29 is 0 Å². The van der Waals surface area contributed by atoms with Crippen LogP contribution in [0.2, 0.25) is 0 Å². The Morgan fingerprint density at radius 1 is 1.50 bits per heavy atom. The molecule has 0 atom stereocenters. The van der Waals surface area contributed by atoms with E-state index in [1.54, 1.807) is 11.3 Å². The average molecular weight is 205 g/mol. The Morgan fingerprint density at radius 3 is 2.71 bits per heavy atom. The molecule has 0 amide bonds. The predicted molar refractivity (Wildman–Crippen MR) is 59.2 cm³/mol. The van der Waals surface area contributed by atoms with E-state index in [0.29, 0.717) is 0 Å². The van der Waals surface area contributed by atoms with Crippen LogP contribution in [0.15, 0.2) is 17.5 Å². The molecular formula is C12H15NS. The predicted octanol–water partition coefficient (Wildman–Crippen LogP) is 3.72. The molecule has 1 nitrogen and oxygen atoms in total.